The molecule has 1 rings (SSSR count). The van der Waals surface area contributed by atoms with Crippen LogP contribution in [0.25, 0.3) is 0 Å². The van der Waals surface area contributed by atoms with Crippen molar-refractivity contribution in [3.8, 4) is 0 Å². The number of hydrogen-bond donors (Lipinski definition) is 1. The van der Waals surface area contributed by atoms with Gasteiger partial charge in [0, 0.05) is 13.1 Å². The summed E-state index contributed by atoms with van der Waals surface area (Å²) >= 11 is 0. The fraction of sp³-hybridized carbons (Fsp3) is 1.00. The number of aliphatic hydroxyl groups is 1. The molecule has 1 saturated heterocycles. The van der Waals surface area contributed by atoms with Crippen molar-refractivity contribution in [2.24, 2.45) is 0 Å². The summed E-state index contributed by atoms with van der Waals surface area (Å²) in [6.07, 6.45) is 0.569. The number of halogens is 1. The topological polar surface area (TPSA) is 23.5 Å². The predicted molar refractivity (Wildman–Crippen MR) is 33.0 cm³/mol. The van der Waals surface area contributed by atoms with Gasteiger partial charge in [0.1, 0.15) is 12.3 Å². The number of alkyl halides is 1. The second-order valence-electron chi connectivity index (χ2n) is 2.85. The average Bonchev–Trinajstić information content (AvgIpc) is 2.13. The van der Waals surface area contributed by atoms with Crippen LogP contribution in [0.5, 0.6) is 0 Å². The molecule has 1 aliphatic heterocycles. The Balaban J connectivity index is 2.45. The molecule has 0 saturated carbocycles. The Morgan fingerprint density at radius 1 is 1.78 bits per heavy atom. The number of nitrogens with zero attached hydrogens (tertiary/aromatic N) is 1. The van der Waals surface area contributed by atoms with E-state index >= 15 is 0 Å². The normalized spacial score (nSPS) is 37.7. The molecule has 0 radical (unpaired) electrons. The van der Waals surface area contributed by atoms with E-state index in [1.54, 1.807) is 0 Å². The number of β-amino-alcohol motifs (C(OH)–C–C–N with tert-alkyl or cyclic N) is 1. The molecule has 0 aliphatic carbocycles. The van der Waals surface area contributed by atoms with Gasteiger partial charge < -0.3 is 10.0 Å². The summed E-state index contributed by atoms with van der Waals surface area (Å²) in [4.78, 5) is 1.93. The van der Waals surface area contributed by atoms with Crippen molar-refractivity contribution in [1.82, 2.24) is 4.90 Å². The van der Waals surface area contributed by atoms with E-state index in [0.29, 0.717) is 13.0 Å². The lowest BCUT2D eigenvalue weighted by molar-refractivity contribution is 0.0267. The van der Waals surface area contributed by atoms with Gasteiger partial charge in [-0.3, -0.25) is 0 Å². The highest BCUT2D eigenvalue weighted by Gasteiger charge is 2.33. The third-order valence-electron chi connectivity index (χ3n) is 1.77. The molecule has 0 aromatic carbocycles. The molecule has 3 heteroatoms. The average molecular weight is 133 g/mol. The first-order chi connectivity index (χ1) is 4.16. The van der Waals surface area contributed by atoms with Crippen molar-refractivity contribution >= 4 is 0 Å². The zero-order chi connectivity index (χ0) is 6.91. The molecular formula is C6H12FNO. The lowest BCUT2D eigenvalue weighted by Crippen LogP contribution is -2.33. The first-order valence-corrected chi connectivity index (χ1v) is 3.13. The third kappa shape index (κ3) is 1.40. The Labute approximate surface area is 54.3 Å². The van der Waals surface area contributed by atoms with Crippen LogP contribution in [0.2, 0.25) is 0 Å². The maximum atomic E-state index is 12.0. The SMILES string of the molecule is CN1CCC(O)(CF)C1. The van der Waals surface area contributed by atoms with Crippen molar-refractivity contribution in [3.05, 3.63) is 0 Å². The molecule has 1 atom stereocenters. The maximum Gasteiger partial charge on any atom is 0.119 e. The number of likely N-dealkylation sites (tertiary alicyclic amines) is 1. The number of rotatable bonds is 1. The van der Waals surface area contributed by atoms with Gasteiger partial charge in [0.2, 0.25) is 0 Å². The van der Waals surface area contributed by atoms with Gasteiger partial charge >= 0.3 is 0 Å². The van der Waals surface area contributed by atoms with Crippen LogP contribution in [0.3, 0.4) is 0 Å². The second kappa shape index (κ2) is 2.23. The summed E-state index contributed by atoms with van der Waals surface area (Å²) in [7, 11) is 1.88. The van der Waals surface area contributed by atoms with E-state index < -0.39 is 12.3 Å². The Morgan fingerprint density at radius 3 is 2.67 bits per heavy atom. The Morgan fingerprint density at radius 2 is 2.44 bits per heavy atom. The molecule has 2 nitrogen and oxygen atoms in total. The number of likely N-dealkylation sites (N-methyl/N-ethyl adjacent to an activating group) is 1. The fourth-order valence-corrected chi connectivity index (χ4v) is 1.17. The van der Waals surface area contributed by atoms with Crippen LogP contribution in [-0.4, -0.2) is 42.4 Å². The molecule has 0 bridgehead atoms. The van der Waals surface area contributed by atoms with Gasteiger partial charge in [-0.2, -0.15) is 0 Å². The molecule has 54 valence electrons. The van der Waals surface area contributed by atoms with E-state index in [0.717, 1.165) is 6.54 Å². The lowest BCUT2D eigenvalue weighted by atomic mass is 10.1. The highest BCUT2D eigenvalue weighted by molar-refractivity contribution is 4.87. The van der Waals surface area contributed by atoms with Crippen molar-refractivity contribution < 1.29 is 9.50 Å². The highest BCUT2D eigenvalue weighted by Crippen LogP contribution is 2.19. The van der Waals surface area contributed by atoms with Crippen LogP contribution in [0, 0.1) is 0 Å². The van der Waals surface area contributed by atoms with Crippen LogP contribution >= 0.6 is 0 Å². The Kier molecular flexibility index (Phi) is 1.73. The van der Waals surface area contributed by atoms with Gasteiger partial charge in [0.05, 0.1) is 0 Å². The van der Waals surface area contributed by atoms with Crippen LogP contribution in [0.1, 0.15) is 6.42 Å². The minimum absolute atomic E-state index is 0.476. The van der Waals surface area contributed by atoms with Crippen LogP contribution in [0.4, 0.5) is 4.39 Å². The Bertz CT molecular complexity index is 109. The summed E-state index contributed by atoms with van der Waals surface area (Å²) in [6.45, 7) is 0.668. The summed E-state index contributed by atoms with van der Waals surface area (Å²) in [6, 6.07) is 0. The molecule has 0 aromatic rings. The molecule has 1 aliphatic rings. The largest absolute Gasteiger partial charge is 0.386 e. The molecule has 0 amide bonds. The van der Waals surface area contributed by atoms with Gasteiger partial charge in [-0.05, 0) is 13.5 Å². The second-order valence-corrected chi connectivity index (χ2v) is 2.85. The maximum absolute atomic E-state index is 12.0. The summed E-state index contributed by atoms with van der Waals surface area (Å²) in [5, 5.41) is 9.25. The first kappa shape index (κ1) is 6.96. The summed E-state index contributed by atoms with van der Waals surface area (Å²) < 4.78 is 12.0. The predicted octanol–water partition coefficient (Wildman–Crippen LogP) is 0.0225. The number of hydrogen-bond acceptors (Lipinski definition) is 2. The van der Waals surface area contributed by atoms with Gasteiger partial charge in [0.25, 0.3) is 0 Å². The first-order valence-electron chi connectivity index (χ1n) is 3.13. The van der Waals surface area contributed by atoms with E-state index in [4.69, 9.17) is 0 Å². The molecule has 1 unspecified atom stereocenters. The summed E-state index contributed by atoms with van der Waals surface area (Å²) in [5.74, 6) is 0. The lowest BCUT2D eigenvalue weighted by Gasteiger charge is -2.16. The molecule has 1 heterocycles. The highest BCUT2D eigenvalue weighted by atomic mass is 19.1. The van der Waals surface area contributed by atoms with Gasteiger partial charge in [-0.25, -0.2) is 4.39 Å². The smallest absolute Gasteiger partial charge is 0.119 e. The van der Waals surface area contributed by atoms with E-state index in [2.05, 4.69) is 0 Å². The van der Waals surface area contributed by atoms with E-state index in [-0.39, 0.29) is 0 Å². The fourth-order valence-electron chi connectivity index (χ4n) is 1.17. The van der Waals surface area contributed by atoms with Crippen LogP contribution in [0.15, 0.2) is 0 Å². The van der Waals surface area contributed by atoms with Crippen LogP contribution < -0.4 is 0 Å². The van der Waals surface area contributed by atoms with Crippen LogP contribution in [-0.2, 0) is 0 Å². The Hall–Kier alpha value is -0.150. The van der Waals surface area contributed by atoms with Gasteiger partial charge in [0.15, 0.2) is 0 Å². The van der Waals surface area contributed by atoms with Gasteiger partial charge in [-0.15, -0.1) is 0 Å². The molecule has 0 spiro atoms. The molecule has 9 heavy (non-hydrogen) atoms. The van der Waals surface area contributed by atoms with Crippen molar-refractivity contribution in [3.63, 3.8) is 0 Å². The van der Waals surface area contributed by atoms with Crippen molar-refractivity contribution in [1.29, 1.82) is 0 Å². The zero-order valence-electron chi connectivity index (χ0n) is 5.60. The standard InChI is InChI=1S/C6H12FNO/c1-8-3-2-6(9,4-7)5-8/h9H,2-5H2,1H3. The molecular weight excluding hydrogens is 121 g/mol. The van der Waals surface area contributed by atoms with Crippen molar-refractivity contribution in [2.45, 2.75) is 12.0 Å². The molecule has 0 aromatic heterocycles. The summed E-state index contributed by atoms with van der Waals surface area (Å²) in [5.41, 5.74) is -1.03. The third-order valence-corrected chi connectivity index (χ3v) is 1.77. The monoisotopic (exact) mass is 133 g/mol. The van der Waals surface area contributed by atoms with E-state index in [1.165, 1.54) is 0 Å². The molecule has 1 fully saturated rings. The minimum Gasteiger partial charge on any atom is -0.386 e. The molecule has 1 N–H and O–H groups in total. The quantitative estimate of drug-likeness (QED) is 0.545. The van der Waals surface area contributed by atoms with E-state index in [9.17, 15) is 9.50 Å². The minimum atomic E-state index is -1.03. The zero-order valence-corrected chi connectivity index (χ0v) is 5.60. The van der Waals surface area contributed by atoms with Crippen molar-refractivity contribution in [2.75, 3.05) is 26.8 Å². The van der Waals surface area contributed by atoms with Gasteiger partial charge in [-0.1, -0.05) is 0 Å². The van der Waals surface area contributed by atoms with E-state index in [1.807, 2.05) is 11.9 Å².